The lowest BCUT2D eigenvalue weighted by Gasteiger charge is -2.18. The molecule has 0 unspecified atom stereocenters. The van der Waals surface area contributed by atoms with Gasteiger partial charge in [-0.25, -0.2) is 0 Å². The summed E-state index contributed by atoms with van der Waals surface area (Å²) in [5.74, 6) is 0. The van der Waals surface area contributed by atoms with Gasteiger partial charge in [0.2, 0.25) is 0 Å². The lowest BCUT2D eigenvalue weighted by molar-refractivity contribution is -0.137. The molecule has 2 aromatic rings. The predicted octanol–water partition coefficient (Wildman–Crippen LogP) is 4.79. The van der Waals surface area contributed by atoms with Crippen LogP contribution in [0.4, 0.5) is 24.5 Å². The van der Waals surface area contributed by atoms with Crippen LogP contribution in [-0.2, 0) is 12.7 Å². The largest absolute Gasteiger partial charge is 0.417 e. The highest BCUT2D eigenvalue weighted by atomic mass is 19.4. The summed E-state index contributed by atoms with van der Waals surface area (Å²) < 4.78 is 39.0. The van der Waals surface area contributed by atoms with Crippen molar-refractivity contribution in [2.75, 3.05) is 23.3 Å². The predicted molar refractivity (Wildman–Crippen MR) is 91.4 cm³/mol. The average Bonchev–Trinajstić information content (AvgIpc) is 3.14. The van der Waals surface area contributed by atoms with E-state index in [-0.39, 0.29) is 5.56 Å². The quantitative estimate of drug-likeness (QED) is 0.866. The second-order valence-corrected chi connectivity index (χ2v) is 6.08. The second kappa shape index (κ2) is 7.06. The Morgan fingerprint density at radius 3 is 2.32 bits per heavy atom. The minimum atomic E-state index is -4.54. The van der Waals surface area contributed by atoms with Crippen LogP contribution in [0.2, 0.25) is 0 Å². The van der Waals surface area contributed by atoms with Gasteiger partial charge >= 0.3 is 6.18 Å². The van der Waals surface area contributed by atoms with E-state index in [1.54, 1.807) is 6.07 Å². The van der Waals surface area contributed by atoms with E-state index < -0.39 is 11.7 Å². The highest BCUT2D eigenvalue weighted by Gasteiger charge is 2.33. The third-order valence-electron chi connectivity index (χ3n) is 4.35. The van der Waals surface area contributed by atoms with Crippen LogP contribution in [0.1, 0.15) is 29.5 Å². The van der Waals surface area contributed by atoms with Gasteiger partial charge < -0.3 is 10.2 Å². The first-order chi connectivity index (χ1) is 12.0. The number of hydrogen-bond donors (Lipinski definition) is 1. The Morgan fingerprint density at radius 1 is 1.04 bits per heavy atom. The molecule has 0 radical (unpaired) electrons. The van der Waals surface area contributed by atoms with Gasteiger partial charge in [-0.2, -0.15) is 18.4 Å². The molecule has 0 aliphatic carbocycles. The standard InChI is InChI=1S/C19H18F3N3/c20-19(21,22)18-11-16(6-5-15(18)12-23)24-13-14-3-7-17(8-4-14)25-9-1-2-10-25/h3-8,11,24H,1-2,9-10,13H2. The minimum Gasteiger partial charge on any atom is -0.381 e. The summed E-state index contributed by atoms with van der Waals surface area (Å²) in [6, 6.07) is 13.3. The van der Waals surface area contributed by atoms with Gasteiger partial charge in [-0.05, 0) is 48.7 Å². The van der Waals surface area contributed by atoms with Crippen molar-refractivity contribution < 1.29 is 13.2 Å². The summed E-state index contributed by atoms with van der Waals surface area (Å²) in [4.78, 5) is 2.33. The Balaban J connectivity index is 1.68. The topological polar surface area (TPSA) is 39.1 Å². The molecule has 0 bridgehead atoms. The number of halogens is 3. The van der Waals surface area contributed by atoms with E-state index in [9.17, 15) is 13.2 Å². The second-order valence-electron chi connectivity index (χ2n) is 6.08. The summed E-state index contributed by atoms with van der Waals surface area (Å²) in [5.41, 5.74) is 1.23. The third-order valence-corrected chi connectivity index (χ3v) is 4.35. The maximum atomic E-state index is 13.0. The number of benzene rings is 2. The number of rotatable bonds is 4. The first-order valence-corrected chi connectivity index (χ1v) is 8.16. The summed E-state index contributed by atoms with van der Waals surface area (Å²) >= 11 is 0. The third kappa shape index (κ3) is 4.05. The van der Waals surface area contributed by atoms with Crippen molar-refractivity contribution in [1.82, 2.24) is 0 Å². The molecule has 0 aromatic heterocycles. The average molecular weight is 345 g/mol. The van der Waals surface area contributed by atoms with Crippen LogP contribution in [-0.4, -0.2) is 13.1 Å². The number of nitriles is 1. The van der Waals surface area contributed by atoms with Gasteiger partial charge in [0.15, 0.2) is 0 Å². The molecule has 130 valence electrons. The molecule has 25 heavy (non-hydrogen) atoms. The van der Waals surface area contributed by atoms with Crippen LogP contribution in [0.5, 0.6) is 0 Å². The van der Waals surface area contributed by atoms with Crippen molar-refractivity contribution in [3.8, 4) is 6.07 Å². The molecule has 6 heteroatoms. The zero-order chi connectivity index (χ0) is 17.9. The van der Waals surface area contributed by atoms with Crippen LogP contribution in [0.25, 0.3) is 0 Å². The smallest absolute Gasteiger partial charge is 0.381 e. The Hall–Kier alpha value is -2.68. The van der Waals surface area contributed by atoms with Gasteiger partial charge in [-0.15, -0.1) is 0 Å². The number of alkyl halides is 3. The van der Waals surface area contributed by atoms with Crippen LogP contribution < -0.4 is 10.2 Å². The van der Waals surface area contributed by atoms with E-state index in [2.05, 4.69) is 10.2 Å². The molecular formula is C19H18F3N3. The van der Waals surface area contributed by atoms with Crippen molar-refractivity contribution in [3.05, 3.63) is 59.2 Å². The van der Waals surface area contributed by atoms with Gasteiger partial charge in [0.05, 0.1) is 17.2 Å². The highest BCUT2D eigenvalue weighted by molar-refractivity contribution is 5.54. The molecular weight excluding hydrogens is 327 g/mol. The van der Waals surface area contributed by atoms with E-state index >= 15 is 0 Å². The zero-order valence-electron chi connectivity index (χ0n) is 13.6. The van der Waals surface area contributed by atoms with Gasteiger partial charge in [-0.3, -0.25) is 0 Å². The van der Waals surface area contributed by atoms with E-state index in [0.29, 0.717) is 12.2 Å². The number of nitrogens with zero attached hydrogens (tertiary/aromatic N) is 2. The molecule has 1 fully saturated rings. The summed E-state index contributed by atoms with van der Waals surface area (Å²) in [6.45, 7) is 2.57. The van der Waals surface area contributed by atoms with E-state index in [0.717, 1.165) is 24.7 Å². The van der Waals surface area contributed by atoms with E-state index in [1.165, 1.54) is 30.7 Å². The summed E-state index contributed by atoms with van der Waals surface area (Å²) in [5, 5.41) is 11.8. The van der Waals surface area contributed by atoms with Gasteiger partial charge in [-0.1, -0.05) is 12.1 Å². The molecule has 1 N–H and O–H groups in total. The monoisotopic (exact) mass is 345 g/mol. The van der Waals surface area contributed by atoms with E-state index in [1.807, 2.05) is 24.3 Å². The maximum absolute atomic E-state index is 13.0. The van der Waals surface area contributed by atoms with Crippen LogP contribution in [0.3, 0.4) is 0 Å². The fourth-order valence-corrected chi connectivity index (χ4v) is 2.99. The van der Waals surface area contributed by atoms with Gasteiger partial charge in [0.1, 0.15) is 0 Å². The van der Waals surface area contributed by atoms with Crippen LogP contribution in [0.15, 0.2) is 42.5 Å². The fraction of sp³-hybridized carbons (Fsp3) is 0.316. The van der Waals surface area contributed by atoms with Crippen molar-refractivity contribution >= 4 is 11.4 Å². The van der Waals surface area contributed by atoms with Crippen molar-refractivity contribution in [3.63, 3.8) is 0 Å². The normalized spacial score (nSPS) is 14.4. The molecule has 3 nitrogen and oxygen atoms in total. The van der Waals surface area contributed by atoms with Gasteiger partial charge in [0, 0.05) is 31.0 Å². The van der Waals surface area contributed by atoms with E-state index in [4.69, 9.17) is 5.26 Å². The Kier molecular flexibility index (Phi) is 4.84. The highest BCUT2D eigenvalue weighted by Crippen LogP contribution is 2.33. The fourth-order valence-electron chi connectivity index (χ4n) is 2.99. The zero-order valence-corrected chi connectivity index (χ0v) is 13.6. The van der Waals surface area contributed by atoms with Crippen molar-refractivity contribution in [1.29, 1.82) is 5.26 Å². The number of hydrogen-bond acceptors (Lipinski definition) is 3. The molecule has 0 saturated carbocycles. The number of nitrogens with one attached hydrogen (secondary N) is 1. The van der Waals surface area contributed by atoms with Crippen molar-refractivity contribution in [2.24, 2.45) is 0 Å². The lowest BCUT2D eigenvalue weighted by Crippen LogP contribution is -2.17. The molecule has 1 saturated heterocycles. The molecule has 0 amide bonds. The van der Waals surface area contributed by atoms with Crippen LogP contribution in [0, 0.1) is 11.3 Å². The Morgan fingerprint density at radius 2 is 1.72 bits per heavy atom. The minimum absolute atomic E-state index is 0.343. The first kappa shape index (κ1) is 17.2. The molecule has 3 rings (SSSR count). The maximum Gasteiger partial charge on any atom is 0.417 e. The molecule has 0 atom stereocenters. The molecule has 1 aliphatic heterocycles. The lowest BCUT2D eigenvalue weighted by atomic mass is 10.1. The summed E-state index contributed by atoms with van der Waals surface area (Å²) in [6.07, 6.45) is -2.12. The molecule has 0 spiro atoms. The molecule has 1 aliphatic rings. The Labute approximate surface area is 144 Å². The summed E-state index contributed by atoms with van der Waals surface area (Å²) in [7, 11) is 0. The first-order valence-electron chi connectivity index (χ1n) is 8.16. The van der Waals surface area contributed by atoms with Gasteiger partial charge in [0.25, 0.3) is 0 Å². The SMILES string of the molecule is N#Cc1ccc(NCc2ccc(N3CCCC3)cc2)cc1C(F)(F)F. The Bertz CT molecular complexity index is 770. The molecule has 2 aromatic carbocycles. The molecule has 1 heterocycles. The number of anilines is 2. The van der Waals surface area contributed by atoms with Crippen LogP contribution >= 0.6 is 0 Å². The van der Waals surface area contributed by atoms with Crippen molar-refractivity contribution in [2.45, 2.75) is 25.6 Å².